The van der Waals surface area contributed by atoms with Gasteiger partial charge in [0.25, 0.3) is 5.91 Å². The number of benzene rings is 2. The Morgan fingerprint density at radius 2 is 1.78 bits per heavy atom. The smallest absolute Gasteiger partial charge is 0.258 e. The van der Waals surface area contributed by atoms with E-state index >= 15 is 0 Å². The molecule has 2 amide bonds. The van der Waals surface area contributed by atoms with Gasteiger partial charge in [-0.2, -0.15) is 0 Å². The first-order valence-corrected chi connectivity index (χ1v) is 11.4. The second-order valence-electron chi connectivity index (χ2n) is 7.35. The molecule has 0 atom stereocenters. The van der Waals surface area contributed by atoms with Gasteiger partial charge in [-0.25, -0.2) is 4.98 Å². The van der Waals surface area contributed by atoms with Gasteiger partial charge in [-0.05, 0) is 69.2 Å². The van der Waals surface area contributed by atoms with E-state index in [1.54, 1.807) is 6.07 Å². The van der Waals surface area contributed by atoms with Crippen LogP contribution in [0, 0.1) is 20.8 Å². The molecule has 0 aliphatic carbocycles. The summed E-state index contributed by atoms with van der Waals surface area (Å²) in [4.78, 5) is 30.2. The lowest BCUT2D eigenvalue weighted by Gasteiger charge is -2.15. The van der Waals surface area contributed by atoms with Gasteiger partial charge >= 0.3 is 0 Å². The first-order chi connectivity index (χ1) is 15.4. The minimum absolute atomic E-state index is 0.139. The molecule has 0 aliphatic rings. The standard InChI is InChI=1S/C25H27N3O3S/c1-5-31-21-12-7-6-11-20(21)28-24(30)23-17(3)14-18(4)26-25(23)32-15-22(29)27-19-10-8-9-16(2)13-19/h6-14H,5,15H2,1-4H3,(H,27,29)(H,28,30). The first kappa shape index (κ1) is 23.3. The Hall–Kier alpha value is -3.32. The molecule has 0 spiro atoms. The largest absolute Gasteiger partial charge is 0.492 e. The van der Waals surface area contributed by atoms with E-state index in [0.717, 1.165) is 22.5 Å². The van der Waals surface area contributed by atoms with Crippen molar-refractivity contribution in [2.24, 2.45) is 0 Å². The maximum Gasteiger partial charge on any atom is 0.258 e. The van der Waals surface area contributed by atoms with E-state index in [2.05, 4.69) is 15.6 Å². The van der Waals surface area contributed by atoms with Crippen LogP contribution in [0.5, 0.6) is 5.75 Å². The van der Waals surface area contributed by atoms with Gasteiger partial charge in [-0.1, -0.05) is 36.0 Å². The fraction of sp³-hybridized carbons (Fsp3) is 0.240. The van der Waals surface area contributed by atoms with Crippen LogP contribution < -0.4 is 15.4 Å². The number of aromatic nitrogens is 1. The Morgan fingerprint density at radius 3 is 2.53 bits per heavy atom. The second-order valence-corrected chi connectivity index (χ2v) is 8.31. The highest BCUT2D eigenvalue weighted by atomic mass is 32.2. The van der Waals surface area contributed by atoms with Crippen molar-refractivity contribution < 1.29 is 14.3 Å². The third-order valence-corrected chi connectivity index (χ3v) is 5.59. The third-order valence-electron chi connectivity index (χ3n) is 4.62. The highest BCUT2D eigenvalue weighted by molar-refractivity contribution is 8.00. The monoisotopic (exact) mass is 449 g/mol. The molecule has 1 heterocycles. The number of hydrogen-bond donors (Lipinski definition) is 2. The molecule has 0 saturated carbocycles. The molecule has 1 aromatic heterocycles. The number of nitrogens with zero attached hydrogens (tertiary/aromatic N) is 1. The molecular weight excluding hydrogens is 422 g/mol. The number of carbonyl (C=O) groups excluding carboxylic acids is 2. The summed E-state index contributed by atoms with van der Waals surface area (Å²) in [6, 6.07) is 16.8. The number of ether oxygens (including phenoxy) is 1. The average molecular weight is 450 g/mol. The number of para-hydroxylation sites is 2. The molecule has 0 aliphatic heterocycles. The average Bonchev–Trinajstić information content (AvgIpc) is 2.73. The zero-order chi connectivity index (χ0) is 23.1. The van der Waals surface area contributed by atoms with E-state index in [1.807, 2.05) is 76.2 Å². The molecule has 32 heavy (non-hydrogen) atoms. The van der Waals surface area contributed by atoms with E-state index in [4.69, 9.17) is 4.74 Å². The number of hydrogen-bond acceptors (Lipinski definition) is 5. The van der Waals surface area contributed by atoms with Crippen molar-refractivity contribution in [2.45, 2.75) is 32.7 Å². The van der Waals surface area contributed by atoms with Crippen LogP contribution in [0.3, 0.4) is 0 Å². The molecule has 7 heteroatoms. The lowest BCUT2D eigenvalue weighted by molar-refractivity contribution is -0.113. The second kappa shape index (κ2) is 10.8. The minimum atomic E-state index is -0.288. The Bertz CT molecular complexity index is 1130. The van der Waals surface area contributed by atoms with Crippen LogP contribution in [0.2, 0.25) is 0 Å². The summed E-state index contributed by atoms with van der Waals surface area (Å²) in [6.07, 6.45) is 0. The van der Waals surface area contributed by atoms with Crippen LogP contribution in [-0.4, -0.2) is 29.2 Å². The van der Waals surface area contributed by atoms with Crippen molar-refractivity contribution in [3.63, 3.8) is 0 Å². The molecule has 3 rings (SSSR count). The summed E-state index contributed by atoms with van der Waals surface area (Å²) < 4.78 is 5.61. The molecule has 0 saturated heterocycles. The molecule has 6 nitrogen and oxygen atoms in total. The Kier molecular flexibility index (Phi) is 7.89. The molecular formula is C25H27N3O3S. The van der Waals surface area contributed by atoms with Crippen LogP contribution in [0.1, 0.15) is 34.1 Å². The summed E-state index contributed by atoms with van der Waals surface area (Å²) in [6.45, 7) is 8.10. The van der Waals surface area contributed by atoms with Crippen molar-refractivity contribution >= 4 is 35.0 Å². The molecule has 0 fully saturated rings. The highest BCUT2D eigenvalue weighted by Gasteiger charge is 2.19. The number of carbonyl (C=O) groups is 2. The molecule has 2 aromatic carbocycles. The topological polar surface area (TPSA) is 80.3 Å². The number of rotatable bonds is 8. The van der Waals surface area contributed by atoms with E-state index in [-0.39, 0.29) is 17.6 Å². The fourth-order valence-corrected chi connectivity index (χ4v) is 4.22. The Labute approximate surface area is 192 Å². The van der Waals surface area contributed by atoms with E-state index in [0.29, 0.717) is 28.6 Å². The quantitative estimate of drug-likeness (QED) is 0.451. The number of thioether (sulfide) groups is 1. The lowest BCUT2D eigenvalue weighted by Crippen LogP contribution is -2.18. The molecule has 0 unspecified atom stereocenters. The van der Waals surface area contributed by atoms with E-state index in [9.17, 15) is 9.59 Å². The number of amides is 2. The van der Waals surface area contributed by atoms with Crippen molar-refractivity contribution in [1.82, 2.24) is 4.98 Å². The Balaban J connectivity index is 1.77. The number of pyridine rings is 1. The maximum atomic E-state index is 13.2. The highest BCUT2D eigenvalue weighted by Crippen LogP contribution is 2.28. The van der Waals surface area contributed by atoms with Crippen molar-refractivity contribution in [3.05, 3.63) is 77.0 Å². The van der Waals surface area contributed by atoms with Crippen molar-refractivity contribution in [2.75, 3.05) is 23.0 Å². The third kappa shape index (κ3) is 6.11. The van der Waals surface area contributed by atoms with Crippen LogP contribution in [0.4, 0.5) is 11.4 Å². The van der Waals surface area contributed by atoms with Crippen molar-refractivity contribution in [3.8, 4) is 5.75 Å². The van der Waals surface area contributed by atoms with Gasteiger partial charge < -0.3 is 15.4 Å². The maximum absolute atomic E-state index is 13.2. The first-order valence-electron chi connectivity index (χ1n) is 10.4. The van der Waals surface area contributed by atoms with E-state index in [1.165, 1.54) is 11.8 Å². The Morgan fingerprint density at radius 1 is 1.00 bits per heavy atom. The summed E-state index contributed by atoms with van der Waals surface area (Å²) in [5.74, 6) is 0.297. The van der Waals surface area contributed by atoms with Gasteiger partial charge in [0.05, 0.1) is 23.6 Å². The summed E-state index contributed by atoms with van der Waals surface area (Å²) in [5.41, 5.74) is 4.44. The van der Waals surface area contributed by atoms with Gasteiger partial charge in [0.15, 0.2) is 0 Å². The van der Waals surface area contributed by atoms with Crippen molar-refractivity contribution in [1.29, 1.82) is 0 Å². The van der Waals surface area contributed by atoms with Crippen LogP contribution in [0.25, 0.3) is 0 Å². The molecule has 3 aromatic rings. The fourth-order valence-electron chi connectivity index (χ4n) is 3.27. The van der Waals surface area contributed by atoms with Gasteiger partial charge in [-0.3, -0.25) is 9.59 Å². The predicted molar refractivity (Wildman–Crippen MR) is 130 cm³/mol. The molecule has 2 N–H and O–H groups in total. The zero-order valence-corrected chi connectivity index (χ0v) is 19.5. The molecule has 0 radical (unpaired) electrons. The lowest BCUT2D eigenvalue weighted by atomic mass is 10.1. The SMILES string of the molecule is CCOc1ccccc1NC(=O)c1c(C)cc(C)nc1SCC(=O)Nc1cccc(C)c1. The number of nitrogens with one attached hydrogen (secondary N) is 2. The molecule has 166 valence electrons. The number of aryl methyl sites for hydroxylation is 3. The van der Waals surface area contributed by atoms with Gasteiger partial charge in [0, 0.05) is 11.4 Å². The number of anilines is 2. The van der Waals surface area contributed by atoms with Gasteiger partial charge in [-0.15, -0.1) is 0 Å². The summed E-state index contributed by atoms with van der Waals surface area (Å²) in [5, 5.41) is 6.34. The zero-order valence-electron chi connectivity index (χ0n) is 18.7. The van der Waals surface area contributed by atoms with E-state index < -0.39 is 0 Å². The van der Waals surface area contributed by atoms with Gasteiger partial charge in [0.1, 0.15) is 10.8 Å². The van der Waals surface area contributed by atoms with Crippen LogP contribution in [-0.2, 0) is 4.79 Å². The van der Waals surface area contributed by atoms with Gasteiger partial charge in [0.2, 0.25) is 5.91 Å². The normalized spacial score (nSPS) is 10.5. The van der Waals surface area contributed by atoms with Crippen LogP contribution in [0.15, 0.2) is 59.6 Å². The summed E-state index contributed by atoms with van der Waals surface area (Å²) in [7, 11) is 0. The molecule has 0 bridgehead atoms. The predicted octanol–water partition coefficient (Wildman–Crippen LogP) is 5.39. The minimum Gasteiger partial charge on any atom is -0.492 e. The summed E-state index contributed by atoms with van der Waals surface area (Å²) >= 11 is 1.25. The van der Waals surface area contributed by atoms with Crippen LogP contribution >= 0.6 is 11.8 Å².